The summed E-state index contributed by atoms with van der Waals surface area (Å²) in [5, 5.41) is 11.7. The van der Waals surface area contributed by atoms with E-state index in [0.717, 1.165) is 12.8 Å². The molecule has 0 heterocycles. The largest absolute Gasteiger partial charge is 0.481 e. The molecule has 0 spiro atoms. The van der Waals surface area contributed by atoms with Crippen LogP contribution in [0.1, 0.15) is 53.9 Å². The molecule has 0 aliphatic rings. The van der Waals surface area contributed by atoms with E-state index in [1.165, 1.54) is 13.8 Å². The van der Waals surface area contributed by atoms with Gasteiger partial charge in [0.15, 0.2) is 0 Å². The minimum Gasteiger partial charge on any atom is -0.481 e. The smallest absolute Gasteiger partial charge is 0.410 e. The highest BCUT2D eigenvalue weighted by Gasteiger charge is 2.23. The Bertz CT molecular complexity index is 396. The molecular formula is C16H29NO6. The average Bonchev–Trinajstić information content (AvgIpc) is 2.39. The number of esters is 1. The van der Waals surface area contributed by atoms with Crippen molar-refractivity contribution in [3.8, 4) is 0 Å². The Balaban J connectivity index is 4.40. The van der Waals surface area contributed by atoms with E-state index in [4.69, 9.17) is 4.74 Å². The molecule has 0 unspecified atom stereocenters. The summed E-state index contributed by atoms with van der Waals surface area (Å²) in [7, 11) is 0. The van der Waals surface area contributed by atoms with E-state index >= 15 is 0 Å². The SMILES string of the molecule is CC[C@H](CC(C)C)C[C@@H](CNC(=O)O[C@H](C)OC(C)=O)C(=O)O. The highest BCUT2D eigenvalue weighted by Crippen LogP contribution is 2.23. The number of ether oxygens (including phenoxy) is 2. The van der Waals surface area contributed by atoms with Crippen molar-refractivity contribution in [3.63, 3.8) is 0 Å². The quantitative estimate of drug-likeness (QED) is 0.471. The number of carbonyl (C=O) groups is 3. The van der Waals surface area contributed by atoms with Crippen LogP contribution in [0.4, 0.5) is 4.79 Å². The predicted molar refractivity (Wildman–Crippen MR) is 84.7 cm³/mol. The lowest BCUT2D eigenvalue weighted by molar-refractivity contribution is -0.162. The normalized spacial score (nSPS) is 14.7. The highest BCUT2D eigenvalue weighted by molar-refractivity contribution is 5.72. The van der Waals surface area contributed by atoms with Gasteiger partial charge in [0.05, 0.1) is 5.92 Å². The Hall–Kier alpha value is -1.79. The molecule has 0 radical (unpaired) electrons. The molecule has 2 N–H and O–H groups in total. The number of hydrogen-bond donors (Lipinski definition) is 2. The molecule has 0 aliphatic heterocycles. The molecule has 23 heavy (non-hydrogen) atoms. The van der Waals surface area contributed by atoms with Crippen LogP contribution in [0.3, 0.4) is 0 Å². The Labute approximate surface area is 137 Å². The molecule has 7 heteroatoms. The summed E-state index contributed by atoms with van der Waals surface area (Å²) in [5.41, 5.74) is 0. The van der Waals surface area contributed by atoms with Crippen molar-refractivity contribution in [3.05, 3.63) is 0 Å². The molecule has 0 saturated carbocycles. The molecular weight excluding hydrogens is 302 g/mol. The van der Waals surface area contributed by atoms with Crippen LogP contribution in [0.5, 0.6) is 0 Å². The molecule has 1 amide bonds. The van der Waals surface area contributed by atoms with Gasteiger partial charge in [-0.05, 0) is 24.7 Å². The first-order chi connectivity index (χ1) is 10.6. The zero-order valence-electron chi connectivity index (χ0n) is 14.6. The third-order valence-electron chi connectivity index (χ3n) is 3.45. The maximum Gasteiger partial charge on any atom is 0.410 e. The van der Waals surface area contributed by atoms with E-state index in [-0.39, 0.29) is 6.54 Å². The fourth-order valence-electron chi connectivity index (χ4n) is 2.43. The second kappa shape index (κ2) is 10.9. The summed E-state index contributed by atoms with van der Waals surface area (Å²) in [6.45, 7) is 8.84. The van der Waals surface area contributed by atoms with Gasteiger partial charge in [-0.1, -0.05) is 27.2 Å². The van der Waals surface area contributed by atoms with Crippen molar-refractivity contribution in [1.82, 2.24) is 5.32 Å². The molecule has 0 aromatic carbocycles. The number of nitrogens with one attached hydrogen (secondary N) is 1. The summed E-state index contributed by atoms with van der Waals surface area (Å²) < 4.78 is 9.46. The highest BCUT2D eigenvalue weighted by atomic mass is 16.7. The Morgan fingerprint density at radius 3 is 2.13 bits per heavy atom. The molecule has 3 atom stereocenters. The molecule has 134 valence electrons. The van der Waals surface area contributed by atoms with Gasteiger partial charge < -0.3 is 19.9 Å². The van der Waals surface area contributed by atoms with Crippen molar-refractivity contribution in [2.75, 3.05) is 6.54 Å². The van der Waals surface area contributed by atoms with Crippen molar-refractivity contribution >= 4 is 18.0 Å². The van der Waals surface area contributed by atoms with Crippen LogP contribution < -0.4 is 5.32 Å². The Morgan fingerprint density at radius 1 is 1.09 bits per heavy atom. The number of carboxylic acid groups (broad SMARTS) is 1. The van der Waals surface area contributed by atoms with E-state index in [1.807, 2.05) is 6.92 Å². The van der Waals surface area contributed by atoms with Gasteiger partial charge in [-0.2, -0.15) is 0 Å². The molecule has 0 aromatic rings. The van der Waals surface area contributed by atoms with E-state index in [2.05, 4.69) is 23.9 Å². The second-order valence-electron chi connectivity index (χ2n) is 6.14. The van der Waals surface area contributed by atoms with Gasteiger partial charge in [0, 0.05) is 20.4 Å². The van der Waals surface area contributed by atoms with E-state index in [0.29, 0.717) is 18.3 Å². The van der Waals surface area contributed by atoms with Gasteiger partial charge in [-0.3, -0.25) is 9.59 Å². The summed E-state index contributed by atoms with van der Waals surface area (Å²) in [6, 6.07) is 0. The molecule has 0 rings (SSSR count). The van der Waals surface area contributed by atoms with Gasteiger partial charge in [-0.15, -0.1) is 0 Å². The molecule has 0 saturated heterocycles. The number of carbonyl (C=O) groups excluding carboxylic acids is 2. The summed E-state index contributed by atoms with van der Waals surface area (Å²) >= 11 is 0. The van der Waals surface area contributed by atoms with E-state index < -0.39 is 30.2 Å². The molecule has 7 nitrogen and oxygen atoms in total. The number of amides is 1. The van der Waals surface area contributed by atoms with Crippen LogP contribution in [-0.2, 0) is 19.1 Å². The van der Waals surface area contributed by atoms with Crippen molar-refractivity contribution in [1.29, 1.82) is 0 Å². The third-order valence-corrected chi connectivity index (χ3v) is 3.45. The first-order valence-corrected chi connectivity index (χ1v) is 8.00. The minimum absolute atomic E-state index is 0.0183. The minimum atomic E-state index is -1.01. The number of rotatable bonds is 10. The number of hydrogen-bond acceptors (Lipinski definition) is 5. The molecule has 0 bridgehead atoms. The Morgan fingerprint density at radius 2 is 1.70 bits per heavy atom. The zero-order valence-corrected chi connectivity index (χ0v) is 14.6. The van der Waals surface area contributed by atoms with Crippen LogP contribution in [-0.4, -0.2) is 36.0 Å². The molecule has 0 aromatic heterocycles. The topological polar surface area (TPSA) is 102 Å². The number of carboxylic acids is 1. The lowest BCUT2D eigenvalue weighted by Gasteiger charge is -2.22. The van der Waals surface area contributed by atoms with Crippen molar-refractivity contribution in [2.45, 2.75) is 60.2 Å². The van der Waals surface area contributed by atoms with Crippen LogP contribution in [0.2, 0.25) is 0 Å². The maximum atomic E-state index is 11.6. The predicted octanol–water partition coefficient (Wildman–Crippen LogP) is 2.78. The molecule has 0 aliphatic carbocycles. The second-order valence-corrected chi connectivity index (χ2v) is 6.14. The zero-order chi connectivity index (χ0) is 18.0. The van der Waals surface area contributed by atoms with E-state index in [1.54, 1.807) is 0 Å². The van der Waals surface area contributed by atoms with Gasteiger partial charge in [-0.25, -0.2) is 4.79 Å². The van der Waals surface area contributed by atoms with Crippen LogP contribution in [0.15, 0.2) is 0 Å². The maximum absolute atomic E-state index is 11.6. The standard InChI is InChI=1S/C16H29NO6/c1-6-13(7-10(2)3)8-14(15(19)20)9-17-16(21)23-12(5)22-11(4)18/h10,12-14H,6-9H2,1-5H3,(H,17,21)(H,19,20)/t12-,13-,14+/m1/s1. The monoisotopic (exact) mass is 331 g/mol. The summed E-state index contributed by atoms with van der Waals surface area (Å²) in [5.74, 6) is -1.38. The average molecular weight is 331 g/mol. The fraction of sp³-hybridized carbons (Fsp3) is 0.812. The molecule has 0 fully saturated rings. The fourth-order valence-corrected chi connectivity index (χ4v) is 2.43. The van der Waals surface area contributed by atoms with Crippen molar-refractivity contribution in [2.24, 2.45) is 17.8 Å². The lowest BCUT2D eigenvalue weighted by atomic mass is 9.86. The first kappa shape index (κ1) is 21.2. The van der Waals surface area contributed by atoms with Gasteiger partial charge in [0.25, 0.3) is 0 Å². The van der Waals surface area contributed by atoms with Crippen LogP contribution in [0.25, 0.3) is 0 Å². The van der Waals surface area contributed by atoms with Crippen LogP contribution in [0, 0.1) is 17.8 Å². The van der Waals surface area contributed by atoms with Crippen molar-refractivity contribution < 1.29 is 29.0 Å². The van der Waals surface area contributed by atoms with Gasteiger partial charge in [0.2, 0.25) is 6.29 Å². The Kier molecular flexibility index (Phi) is 10.0. The third kappa shape index (κ3) is 10.5. The lowest BCUT2D eigenvalue weighted by Crippen LogP contribution is -2.36. The number of alkyl carbamates (subject to hydrolysis) is 1. The van der Waals surface area contributed by atoms with Gasteiger partial charge in [0.1, 0.15) is 0 Å². The summed E-state index contributed by atoms with van der Waals surface area (Å²) in [6.07, 6.45) is 0.537. The number of aliphatic carboxylic acids is 1. The van der Waals surface area contributed by atoms with E-state index in [9.17, 15) is 19.5 Å². The summed E-state index contributed by atoms with van der Waals surface area (Å²) in [4.78, 5) is 33.7. The first-order valence-electron chi connectivity index (χ1n) is 8.00. The van der Waals surface area contributed by atoms with Crippen LogP contribution >= 0.6 is 0 Å². The van der Waals surface area contributed by atoms with Gasteiger partial charge >= 0.3 is 18.0 Å².